The average molecular weight is 199 g/mol. The molecule has 0 unspecified atom stereocenters. The Balaban J connectivity index is 2.56. The number of nitrogens with one attached hydrogen (secondary N) is 1. The van der Waals surface area contributed by atoms with E-state index < -0.39 is 0 Å². The van der Waals surface area contributed by atoms with Gasteiger partial charge in [0, 0.05) is 17.3 Å². The van der Waals surface area contributed by atoms with Crippen LogP contribution >= 0.6 is 11.6 Å². The van der Waals surface area contributed by atoms with Gasteiger partial charge in [-0.05, 0) is 43.7 Å². The van der Waals surface area contributed by atoms with Gasteiger partial charge in [0.2, 0.25) is 0 Å². The summed E-state index contributed by atoms with van der Waals surface area (Å²) in [5.41, 5.74) is 7.70. The van der Waals surface area contributed by atoms with Crippen LogP contribution in [0.15, 0.2) is 18.2 Å². The molecule has 0 saturated heterocycles. The number of benzene rings is 1. The Morgan fingerprint density at radius 1 is 1.46 bits per heavy atom. The number of nitrogens with two attached hydrogens (primary N) is 1. The Hall–Kier alpha value is -0.730. The first-order valence-corrected chi connectivity index (χ1v) is 4.82. The van der Waals surface area contributed by atoms with Gasteiger partial charge in [-0.15, -0.1) is 0 Å². The van der Waals surface area contributed by atoms with Crippen LogP contribution in [-0.4, -0.2) is 13.1 Å². The van der Waals surface area contributed by atoms with E-state index in [1.807, 2.05) is 25.1 Å². The van der Waals surface area contributed by atoms with Gasteiger partial charge in [0.05, 0.1) is 0 Å². The highest BCUT2D eigenvalue weighted by Gasteiger charge is 1.97. The summed E-state index contributed by atoms with van der Waals surface area (Å²) in [5, 5.41) is 4.08. The molecule has 1 rings (SSSR count). The summed E-state index contributed by atoms with van der Waals surface area (Å²) in [6.07, 6.45) is 0.988. The standard InChI is InChI=1S/C10H15ClN2/c1-8-7-9(11)3-4-10(8)13-6-2-5-12/h3-4,7,13H,2,5-6,12H2,1H3. The predicted molar refractivity (Wildman–Crippen MR) is 58.4 cm³/mol. The van der Waals surface area contributed by atoms with E-state index in [0.29, 0.717) is 0 Å². The zero-order valence-corrected chi connectivity index (χ0v) is 8.56. The summed E-state index contributed by atoms with van der Waals surface area (Å²) in [5.74, 6) is 0. The van der Waals surface area contributed by atoms with E-state index >= 15 is 0 Å². The van der Waals surface area contributed by atoms with Crippen molar-refractivity contribution in [1.29, 1.82) is 0 Å². The second kappa shape index (κ2) is 5.10. The molecular weight excluding hydrogens is 184 g/mol. The minimum absolute atomic E-state index is 0.722. The first kappa shape index (κ1) is 10.4. The van der Waals surface area contributed by atoms with Gasteiger partial charge >= 0.3 is 0 Å². The van der Waals surface area contributed by atoms with E-state index in [1.165, 1.54) is 5.56 Å². The molecule has 0 amide bonds. The Kier molecular flexibility index (Phi) is 4.06. The minimum Gasteiger partial charge on any atom is -0.385 e. The van der Waals surface area contributed by atoms with Crippen molar-refractivity contribution in [1.82, 2.24) is 0 Å². The van der Waals surface area contributed by atoms with Crippen molar-refractivity contribution in [3.05, 3.63) is 28.8 Å². The zero-order chi connectivity index (χ0) is 9.68. The molecule has 1 aromatic rings. The van der Waals surface area contributed by atoms with Crippen molar-refractivity contribution >= 4 is 17.3 Å². The van der Waals surface area contributed by atoms with Crippen LogP contribution in [0.25, 0.3) is 0 Å². The Bertz CT molecular complexity index is 274. The number of rotatable bonds is 4. The Morgan fingerprint density at radius 3 is 2.85 bits per heavy atom. The van der Waals surface area contributed by atoms with Crippen LogP contribution in [-0.2, 0) is 0 Å². The van der Waals surface area contributed by atoms with Gasteiger partial charge in [0.25, 0.3) is 0 Å². The molecule has 1 aromatic carbocycles. The topological polar surface area (TPSA) is 38.0 Å². The van der Waals surface area contributed by atoms with Crippen LogP contribution in [0.3, 0.4) is 0 Å². The summed E-state index contributed by atoms with van der Waals surface area (Å²) in [6.45, 7) is 3.68. The third-order valence-electron chi connectivity index (χ3n) is 1.88. The van der Waals surface area contributed by atoms with Crippen LogP contribution in [0.1, 0.15) is 12.0 Å². The number of aryl methyl sites for hydroxylation is 1. The average Bonchev–Trinajstić information content (AvgIpc) is 2.09. The molecule has 0 radical (unpaired) electrons. The Morgan fingerprint density at radius 2 is 2.23 bits per heavy atom. The lowest BCUT2D eigenvalue weighted by atomic mass is 10.2. The number of halogens is 1. The quantitative estimate of drug-likeness (QED) is 0.730. The summed E-state index contributed by atoms with van der Waals surface area (Å²) < 4.78 is 0. The highest BCUT2D eigenvalue weighted by atomic mass is 35.5. The fourth-order valence-electron chi connectivity index (χ4n) is 1.15. The van der Waals surface area contributed by atoms with Crippen LogP contribution in [0.5, 0.6) is 0 Å². The van der Waals surface area contributed by atoms with Crippen molar-refractivity contribution in [2.75, 3.05) is 18.4 Å². The second-order valence-corrected chi connectivity index (χ2v) is 3.46. The molecule has 0 spiro atoms. The Labute approximate surface area is 84.1 Å². The highest BCUT2D eigenvalue weighted by Crippen LogP contribution is 2.19. The maximum atomic E-state index is 5.83. The maximum absolute atomic E-state index is 5.83. The smallest absolute Gasteiger partial charge is 0.0410 e. The molecule has 0 fully saturated rings. The van der Waals surface area contributed by atoms with Crippen LogP contribution < -0.4 is 11.1 Å². The second-order valence-electron chi connectivity index (χ2n) is 3.03. The van der Waals surface area contributed by atoms with Gasteiger partial charge in [-0.3, -0.25) is 0 Å². The zero-order valence-electron chi connectivity index (χ0n) is 7.81. The first-order chi connectivity index (χ1) is 6.24. The van der Waals surface area contributed by atoms with Crippen molar-refractivity contribution < 1.29 is 0 Å². The molecule has 2 nitrogen and oxygen atoms in total. The first-order valence-electron chi connectivity index (χ1n) is 4.44. The molecule has 72 valence electrons. The molecule has 0 heterocycles. The van der Waals surface area contributed by atoms with E-state index in [4.69, 9.17) is 17.3 Å². The van der Waals surface area contributed by atoms with E-state index in [2.05, 4.69) is 5.32 Å². The van der Waals surface area contributed by atoms with Crippen molar-refractivity contribution in [2.45, 2.75) is 13.3 Å². The molecule has 0 aliphatic heterocycles. The van der Waals surface area contributed by atoms with Crippen LogP contribution in [0, 0.1) is 6.92 Å². The van der Waals surface area contributed by atoms with E-state index in [0.717, 1.165) is 30.2 Å². The molecule has 0 aromatic heterocycles. The summed E-state index contributed by atoms with van der Waals surface area (Å²) in [7, 11) is 0. The van der Waals surface area contributed by atoms with Crippen molar-refractivity contribution in [3.8, 4) is 0 Å². The molecule has 0 aliphatic rings. The highest BCUT2D eigenvalue weighted by molar-refractivity contribution is 6.30. The molecule has 0 aliphatic carbocycles. The fourth-order valence-corrected chi connectivity index (χ4v) is 1.38. The molecular formula is C10H15ClN2. The van der Waals surface area contributed by atoms with E-state index in [1.54, 1.807) is 0 Å². The van der Waals surface area contributed by atoms with Crippen molar-refractivity contribution in [2.24, 2.45) is 5.73 Å². The molecule has 0 atom stereocenters. The molecule has 0 bridgehead atoms. The van der Waals surface area contributed by atoms with Gasteiger partial charge in [-0.2, -0.15) is 0 Å². The normalized spacial score (nSPS) is 10.1. The van der Waals surface area contributed by atoms with Gasteiger partial charge < -0.3 is 11.1 Å². The van der Waals surface area contributed by atoms with Gasteiger partial charge in [-0.25, -0.2) is 0 Å². The van der Waals surface area contributed by atoms with Crippen LogP contribution in [0.2, 0.25) is 5.02 Å². The van der Waals surface area contributed by atoms with E-state index in [9.17, 15) is 0 Å². The lowest BCUT2D eigenvalue weighted by molar-refractivity contribution is 0.873. The van der Waals surface area contributed by atoms with Gasteiger partial charge in [-0.1, -0.05) is 11.6 Å². The minimum atomic E-state index is 0.722. The van der Waals surface area contributed by atoms with Crippen molar-refractivity contribution in [3.63, 3.8) is 0 Å². The number of anilines is 1. The molecule has 13 heavy (non-hydrogen) atoms. The SMILES string of the molecule is Cc1cc(Cl)ccc1NCCCN. The van der Waals surface area contributed by atoms with Crippen LogP contribution in [0.4, 0.5) is 5.69 Å². The summed E-state index contributed by atoms with van der Waals surface area (Å²) in [4.78, 5) is 0. The lowest BCUT2D eigenvalue weighted by Gasteiger charge is -2.08. The maximum Gasteiger partial charge on any atom is 0.0410 e. The third kappa shape index (κ3) is 3.25. The monoisotopic (exact) mass is 198 g/mol. The largest absolute Gasteiger partial charge is 0.385 e. The lowest BCUT2D eigenvalue weighted by Crippen LogP contribution is -2.08. The predicted octanol–water partition coefficient (Wildman–Crippen LogP) is 2.41. The fraction of sp³-hybridized carbons (Fsp3) is 0.400. The van der Waals surface area contributed by atoms with E-state index in [-0.39, 0.29) is 0 Å². The molecule has 0 saturated carbocycles. The molecule has 3 heteroatoms. The molecule has 3 N–H and O–H groups in total. The number of hydrogen-bond acceptors (Lipinski definition) is 2. The number of hydrogen-bond donors (Lipinski definition) is 2. The third-order valence-corrected chi connectivity index (χ3v) is 2.12. The summed E-state index contributed by atoms with van der Waals surface area (Å²) >= 11 is 5.83. The summed E-state index contributed by atoms with van der Waals surface area (Å²) in [6, 6.07) is 5.83. The van der Waals surface area contributed by atoms with Gasteiger partial charge in [0.1, 0.15) is 0 Å². The van der Waals surface area contributed by atoms with Gasteiger partial charge in [0.15, 0.2) is 0 Å².